The number of hydrogen-bond acceptors (Lipinski definition) is 11. The number of sulfonamides is 1. The fraction of sp³-hybridized carbons (Fsp3) is 0.477. The Morgan fingerprint density at radius 3 is 2.15 bits per heavy atom. The number of carbonyl (C=O) groups excluding carboxylic acids is 4. The molecule has 4 saturated heterocycles. The molecule has 0 saturated carbocycles. The minimum atomic E-state index is -3.71. The molecule has 4 fully saturated rings. The molecule has 17 heteroatoms. The number of likely N-dealkylation sites (tertiary alicyclic amines) is 2. The number of carbonyl (C=O) groups is 4. The maximum Gasteiger partial charge on any atom is 0.234 e. The van der Waals surface area contributed by atoms with Gasteiger partial charge in [-0.25, -0.2) is 22.8 Å². The number of piperidine rings is 4. The summed E-state index contributed by atoms with van der Waals surface area (Å²) in [5.74, 6) is -0.730. The molecule has 7 heterocycles. The summed E-state index contributed by atoms with van der Waals surface area (Å²) in [6.07, 6.45) is 10.4. The second-order valence-corrected chi connectivity index (χ2v) is 19.3. The van der Waals surface area contributed by atoms with E-state index in [1.807, 2.05) is 34.1 Å². The molecule has 1 atom stereocenters. The smallest absolute Gasteiger partial charge is 0.234 e. The average molecular weight is 871 g/mol. The van der Waals surface area contributed by atoms with Crippen molar-refractivity contribution in [3.63, 3.8) is 0 Å². The fourth-order valence-electron chi connectivity index (χ4n) is 9.04. The van der Waals surface area contributed by atoms with Crippen molar-refractivity contribution in [3.8, 4) is 21.7 Å². The van der Waals surface area contributed by atoms with E-state index >= 15 is 4.39 Å². The molecule has 0 bridgehead atoms. The van der Waals surface area contributed by atoms with Crippen LogP contribution < -0.4 is 14.9 Å². The summed E-state index contributed by atoms with van der Waals surface area (Å²) >= 11 is 1.49. The lowest BCUT2D eigenvalue weighted by Gasteiger charge is -2.39. The van der Waals surface area contributed by atoms with Crippen LogP contribution in [0.5, 0.6) is 0 Å². The molecule has 2 N–H and O–H groups in total. The van der Waals surface area contributed by atoms with E-state index in [0.717, 1.165) is 39.7 Å². The Labute approximate surface area is 359 Å². The molecule has 0 aliphatic carbocycles. The van der Waals surface area contributed by atoms with Gasteiger partial charge in [-0.1, -0.05) is 19.1 Å². The molecular weight excluding hydrogens is 820 g/mol. The molecule has 4 aliphatic rings. The Morgan fingerprint density at radius 2 is 1.52 bits per heavy atom. The molecule has 0 radical (unpaired) electrons. The zero-order valence-corrected chi connectivity index (χ0v) is 35.9. The van der Waals surface area contributed by atoms with E-state index in [1.165, 1.54) is 17.4 Å². The molecule has 14 nitrogen and oxygen atoms in total. The first-order chi connectivity index (χ1) is 29.5. The van der Waals surface area contributed by atoms with Crippen molar-refractivity contribution in [2.24, 2.45) is 11.8 Å². The van der Waals surface area contributed by atoms with Crippen molar-refractivity contribution in [1.82, 2.24) is 30.1 Å². The van der Waals surface area contributed by atoms with Gasteiger partial charge in [-0.3, -0.25) is 34.2 Å². The molecule has 1 aromatic carbocycles. The van der Waals surface area contributed by atoms with Crippen LogP contribution in [0.4, 0.5) is 15.9 Å². The van der Waals surface area contributed by atoms with Gasteiger partial charge in [0, 0.05) is 87.6 Å². The van der Waals surface area contributed by atoms with Gasteiger partial charge in [0.15, 0.2) is 5.82 Å². The molecule has 0 unspecified atom stereocenters. The van der Waals surface area contributed by atoms with E-state index in [2.05, 4.69) is 24.9 Å². The monoisotopic (exact) mass is 870 g/mol. The van der Waals surface area contributed by atoms with E-state index in [4.69, 9.17) is 4.98 Å². The van der Waals surface area contributed by atoms with Gasteiger partial charge in [-0.05, 0) is 92.8 Å². The minimum Gasteiger partial charge on any atom is -0.357 e. The van der Waals surface area contributed by atoms with E-state index in [9.17, 15) is 27.6 Å². The number of anilines is 2. The lowest BCUT2D eigenvalue weighted by atomic mass is 9.90. The highest BCUT2D eigenvalue weighted by molar-refractivity contribution is 7.92. The van der Waals surface area contributed by atoms with Gasteiger partial charge in [0.2, 0.25) is 33.7 Å². The summed E-state index contributed by atoms with van der Waals surface area (Å²) in [5, 5.41) is 3.25. The molecule has 4 aliphatic heterocycles. The third-order valence-electron chi connectivity index (χ3n) is 12.5. The Balaban J connectivity index is 0.835. The summed E-state index contributed by atoms with van der Waals surface area (Å²) in [6, 6.07) is 12.2. The van der Waals surface area contributed by atoms with Crippen LogP contribution in [0.2, 0.25) is 0 Å². The molecule has 4 amide bonds. The molecular formula is C44H51FN8O6S2. The molecule has 322 valence electrons. The van der Waals surface area contributed by atoms with Crippen LogP contribution in [0.25, 0.3) is 21.7 Å². The molecule has 3 aromatic heterocycles. The third-order valence-corrected chi connectivity index (χ3v) is 15.2. The average Bonchev–Trinajstić information content (AvgIpc) is 3.72. The first-order valence-corrected chi connectivity index (χ1v) is 23.8. The van der Waals surface area contributed by atoms with Gasteiger partial charge < -0.3 is 14.7 Å². The van der Waals surface area contributed by atoms with Gasteiger partial charge in [0.1, 0.15) is 5.82 Å². The number of pyridine rings is 2. The highest BCUT2D eigenvalue weighted by atomic mass is 32.2. The lowest BCUT2D eigenvalue weighted by molar-refractivity contribution is -0.143. The Bertz CT molecular complexity index is 2360. The molecule has 8 rings (SSSR count). The van der Waals surface area contributed by atoms with Gasteiger partial charge in [-0.2, -0.15) is 0 Å². The van der Waals surface area contributed by atoms with Crippen molar-refractivity contribution in [2.75, 3.05) is 54.6 Å². The number of amides is 4. The zero-order valence-electron chi connectivity index (χ0n) is 34.2. The fourth-order valence-corrected chi connectivity index (χ4v) is 11.4. The molecule has 0 spiro atoms. The number of imide groups is 1. The van der Waals surface area contributed by atoms with Crippen LogP contribution in [-0.4, -0.2) is 102 Å². The number of benzene rings is 1. The SMILES string of the molecule is CCCS(=O)(=O)Nc1cccc(-c2nc(C3CCN(C(=O)C4CCN(C(=O)C5CCN(c6ccc([C@H]7CCC(=O)NC7=O)cn6)CC5)CC4)CC3)sc2-c2ccncc2)c1F. The summed E-state index contributed by atoms with van der Waals surface area (Å²) < 4.78 is 43.5. The van der Waals surface area contributed by atoms with Crippen molar-refractivity contribution in [3.05, 3.63) is 77.4 Å². The maximum absolute atomic E-state index is 16.0. The maximum atomic E-state index is 16.0. The number of halogens is 1. The summed E-state index contributed by atoms with van der Waals surface area (Å²) in [6.45, 7) is 5.44. The molecule has 61 heavy (non-hydrogen) atoms. The van der Waals surface area contributed by atoms with Gasteiger partial charge in [0.05, 0.1) is 32.9 Å². The highest BCUT2D eigenvalue weighted by Crippen LogP contribution is 2.43. The van der Waals surface area contributed by atoms with Crippen molar-refractivity contribution >= 4 is 56.5 Å². The van der Waals surface area contributed by atoms with Crippen LogP contribution in [-0.2, 0) is 29.2 Å². The first-order valence-electron chi connectivity index (χ1n) is 21.3. The Hall–Kier alpha value is -5.29. The summed E-state index contributed by atoms with van der Waals surface area (Å²) in [7, 11) is -3.71. The minimum absolute atomic E-state index is 0.0663. The van der Waals surface area contributed by atoms with Crippen LogP contribution >= 0.6 is 11.3 Å². The number of thiazole rings is 1. The van der Waals surface area contributed by atoms with Crippen LogP contribution in [0, 0.1) is 17.7 Å². The largest absolute Gasteiger partial charge is 0.357 e. The quantitative estimate of drug-likeness (QED) is 0.172. The molecule has 4 aromatic rings. The predicted molar refractivity (Wildman–Crippen MR) is 231 cm³/mol. The van der Waals surface area contributed by atoms with E-state index in [0.29, 0.717) is 89.9 Å². The third kappa shape index (κ3) is 9.47. The van der Waals surface area contributed by atoms with E-state index in [-0.39, 0.29) is 64.3 Å². The number of nitrogens with one attached hydrogen (secondary N) is 2. The van der Waals surface area contributed by atoms with Crippen LogP contribution in [0.1, 0.15) is 87.1 Å². The highest BCUT2D eigenvalue weighted by Gasteiger charge is 2.36. The predicted octanol–water partition coefficient (Wildman–Crippen LogP) is 5.94. The Morgan fingerprint density at radius 1 is 0.869 bits per heavy atom. The van der Waals surface area contributed by atoms with Crippen LogP contribution in [0.15, 0.2) is 61.1 Å². The van der Waals surface area contributed by atoms with E-state index in [1.54, 1.807) is 37.6 Å². The van der Waals surface area contributed by atoms with Crippen molar-refractivity contribution < 1.29 is 32.0 Å². The second kappa shape index (κ2) is 18.4. The van der Waals surface area contributed by atoms with Crippen molar-refractivity contribution in [2.45, 2.75) is 76.5 Å². The standard InChI is InChI=1S/C44H51FN8O6S2/c1-2-26-61(58,59)50-35-5-3-4-34(38(35)45)39-40(28-10-18-46-19-11-28)60-42(49-39)29-12-22-52(23-13-29)44(57)31-16-24-53(25-17-31)43(56)30-14-20-51(21-15-30)36-8-6-32(27-47-36)33-7-9-37(54)48-41(33)55/h3-6,8,10-11,18-19,27,29-31,33,50H,2,7,9,12-17,20-26H2,1H3,(H,48,54,55)/t33-/m1/s1. The number of hydrogen-bond donors (Lipinski definition) is 2. The summed E-state index contributed by atoms with van der Waals surface area (Å²) in [5.41, 5.74) is 2.17. The van der Waals surface area contributed by atoms with Gasteiger partial charge in [0.25, 0.3) is 0 Å². The zero-order chi connectivity index (χ0) is 42.7. The number of rotatable bonds is 11. The van der Waals surface area contributed by atoms with Crippen LogP contribution in [0.3, 0.4) is 0 Å². The Kier molecular flexibility index (Phi) is 12.8. The normalized spacial score (nSPS) is 19.8. The number of nitrogens with zero attached hydrogens (tertiary/aromatic N) is 6. The van der Waals surface area contributed by atoms with Crippen molar-refractivity contribution in [1.29, 1.82) is 0 Å². The number of aromatic nitrogens is 3. The van der Waals surface area contributed by atoms with E-state index < -0.39 is 15.8 Å². The first kappa shape index (κ1) is 42.4. The second-order valence-electron chi connectivity index (χ2n) is 16.5. The van der Waals surface area contributed by atoms with Gasteiger partial charge in [-0.15, -0.1) is 11.3 Å². The lowest BCUT2D eigenvalue weighted by Crippen LogP contribution is -2.48. The van der Waals surface area contributed by atoms with Gasteiger partial charge >= 0.3 is 0 Å². The summed E-state index contributed by atoms with van der Waals surface area (Å²) in [4.78, 5) is 71.8. The topological polar surface area (TPSA) is 175 Å².